The molecule has 2 heterocycles. The first-order chi connectivity index (χ1) is 12.1. The molecule has 0 aromatic carbocycles. The zero-order valence-electron chi connectivity index (χ0n) is 15.0. The monoisotopic (exact) mass is 359 g/mol. The number of thiazole rings is 1. The average molecular weight is 359 g/mol. The molecule has 1 aliphatic rings. The molecule has 1 unspecified atom stereocenters. The van der Waals surface area contributed by atoms with Gasteiger partial charge in [0.25, 0.3) is 0 Å². The second-order valence-corrected chi connectivity index (χ2v) is 6.98. The molecular weight excluding hydrogens is 334 g/mol. The van der Waals surface area contributed by atoms with E-state index in [9.17, 15) is 9.59 Å². The Hall–Kier alpha value is -2.21. The lowest BCUT2D eigenvalue weighted by molar-refractivity contribution is -0.130. The number of hydrogen-bond donors (Lipinski definition) is 1. The van der Waals surface area contributed by atoms with Gasteiger partial charge >= 0.3 is 0 Å². The van der Waals surface area contributed by atoms with E-state index in [1.807, 2.05) is 38.4 Å². The van der Waals surface area contributed by atoms with Gasteiger partial charge in [0, 0.05) is 13.1 Å². The molecular formula is C19H25N3O2S. The van der Waals surface area contributed by atoms with Gasteiger partial charge in [-0.3, -0.25) is 9.59 Å². The largest absolute Gasteiger partial charge is 0.351 e. The number of amides is 2. The smallest absolute Gasteiger partial charge is 0.243 e. The summed E-state index contributed by atoms with van der Waals surface area (Å²) in [4.78, 5) is 30.2. The molecule has 1 atom stereocenters. The number of nitrogens with one attached hydrogen (secondary N) is 1. The maximum absolute atomic E-state index is 12.2. The van der Waals surface area contributed by atoms with Gasteiger partial charge in [-0.2, -0.15) is 0 Å². The van der Waals surface area contributed by atoms with E-state index in [2.05, 4.69) is 22.5 Å². The fraction of sp³-hybridized carbons (Fsp3) is 0.421. The summed E-state index contributed by atoms with van der Waals surface area (Å²) in [6.45, 7) is 7.11. The van der Waals surface area contributed by atoms with Gasteiger partial charge in [-0.1, -0.05) is 29.9 Å². The lowest BCUT2D eigenvalue weighted by Crippen LogP contribution is -2.43. The molecule has 1 aromatic rings. The molecule has 1 saturated heterocycles. The van der Waals surface area contributed by atoms with Gasteiger partial charge in [0.1, 0.15) is 6.04 Å². The third-order valence-corrected chi connectivity index (χ3v) is 5.15. The molecule has 25 heavy (non-hydrogen) atoms. The lowest BCUT2D eigenvalue weighted by Gasteiger charge is -2.19. The van der Waals surface area contributed by atoms with E-state index in [0.717, 1.165) is 41.0 Å². The van der Waals surface area contributed by atoms with E-state index in [1.165, 1.54) is 0 Å². The van der Waals surface area contributed by atoms with Gasteiger partial charge in [-0.05, 0) is 39.2 Å². The van der Waals surface area contributed by atoms with Crippen LogP contribution in [0.15, 0.2) is 35.4 Å². The predicted molar refractivity (Wildman–Crippen MR) is 102 cm³/mol. The Morgan fingerprint density at radius 1 is 1.48 bits per heavy atom. The molecule has 1 aromatic heterocycles. The molecule has 134 valence electrons. The lowest BCUT2D eigenvalue weighted by atomic mass is 10.1. The first kappa shape index (κ1) is 19.1. The molecule has 1 N–H and O–H groups in total. The highest BCUT2D eigenvalue weighted by atomic mass is 32.1. The number of carbonyl (C=O) groups is 2. The molecule has 5 nitrogen and oxygen atoms in total. The summed E-state index contributed by atoms with van der Waals surface area (Å²) < 4.78 is 0. The van der Waals surface area contributed by atoms with Crippen LogP contribution in [0, 0.1) is 6.92 Å². The fourth-order valence-corrected chi connectivity index (χ4v) is 3.61. The van der Waals surface area contributed by atoms with Crippen molar-refractivity contribution in [1.29, 1.82) is 0 Å². The van der Waals surface area contributed by atoms with Crippen LogP contribution in [0.4, 0.5) is 0 Å². The number of carbonyl (C=O) groups excluding carboxylic acids is 2. The van der Waals surface area contributed by atoms with E-state index in [4.69, 9.17) is 0 Å². The third-order valence-electron chi connectivity index (χ3n) is 4.18. The molecule has 0 aliphatic carbocycles. The maximum Gasteiger partial charge on any atom is 0.243 e. The summed E-state index contributed by atoms with van der Waals surface area (Å²) in [6.07, 6.45) is 10.5. The third kappa shape index (κ3) is 5.13. The zero-order chi connectivity index (χ0) is 18.2. The van der Waals surface area contributed by atoms with Crippen molar-refractivity contribution >= 4 is 29.2 Å². The van der Waals surface area contributed by atoms with Crippen LogP contribution in [0.1, 0.15) is 37.3 Å². The SMILES string of the molecule is C\C=C/C(=C\C=C(/C)CNC(=O)C1CCCN1C=O)c1scnc1C. The number of aromatic nitrogens is 1. The van der Waals surface area contributed by atoms with Crippen LogP contribution in [-0.2, 0) is 9.59 Å². The quantitative estimate of drug-likeness (QED) is 0.601. The van der Waals surface area contributed by atoms with Crippen molar-refractivity contribution in [2.75, 3.05) is 13.1 Å². The summed E-state index contributed by atoms with van der Waals surface area (Å²) in [7, 11) is 0. The maximum atomic E-state index is 12.2. The molecule has 1 fully saturated rings. The number of allylic oxidation sites excluding steroid dienone is 5. The minimum absolute atomic E-state index is 0.0756. The summed E-state index contributed by atoms with van der Waals surface area (Å²) in [6, 6.07) is -0.320. The van der Waals surface area contributed by atoms with Gasteiger partial charge in [0.05, 0.1) is 16.1 Å². The van der Waals surface area contributed by atoms with Crippen LogP contribution < -0.4 is 5.32 Å². The Labute approximate surface area is 153 Å². The first-order valence-electron chi connectivity index (χ1n) is 8.46. The number of nitrogens with zero attached hydrogens (tertiary/aromatic N) is 2. The fourth-order valence-electron chi connectivity index (χ4n) is 2.80. The van der Waals surface area contributed by atoms with E-state index in [-0.39, 0.29) is 11.9 Å². The van der Waals surface area contributed by atoms with Crippen molar-refractivity contribution in [3.8, 4) is 0 Å². The highest BCUT2D eigenvalue weighted by Gasteiger charge is 2.29. The number of likely N-dealkylation sites (tertiary alicyclic amines) is 1. The molecule has 2 amide bonds. The Morgan fingerprint density at radius 2 is 2.28 bits per heavy atom. The van der Waals surface area contributed by atoms with Crippen LogP contribution in [0.25, 0.3) is 5.57 Å². The second-order valence-electron chi connectivity index (χ2n) is 6.12. The van der Waals surface area contributed by atoms with Crippen molar-refractivity contribution in [2.45, 2.75) is 39.7 Å². The highest BCUT2D eigenvalue weighted by molar-refractivity contribution is 7.11. The van der Waals surface area contributed by atoms with Crippen LogP contribution >= 0.6 is 11.3 Å². The van der Waals surface area contributed by atoms with Gasteiger partial charge in [-0.15, -0.1) is 11.3 Å². The number of rotatable bonds is 7. The summed E-state index contributed by atoms with van der Waals surface area (Å²) >= 11 is 1.62. The summed E-state index contributed by atoms with van der Waals surface area (Å²) in [5, 5.41) is 2.93. The minimum Gasteiger partial charge on any atom is -0.351 e. The normalized spacial score (nSPS) is 18.8. The van der Waals surface area contributed by atoms with Crippen molar-refractivity contribution < 1.29 is 9.59 Å². The van der Waals surface area contributed by atoms with E-state index in [0.29, 0.717) is 13.1 Å². The van der Waals surface area contributed by atoms with Crippen LogP contribution in [0.3, 0.4) is 0 Å². The van der Waals surface area contributed by atoms with Gasteiger partial charge in [-0.25, -0.2) is 4.98 Å². The highest BCUT2D eigenvalue weighted by Crippen LogP contribution is 2.24. The van der Waals surface area contributed by atoms with Crippen molar-refractivity contribution in [3.05, 3.63) is 46.0 Å². The van der Waals surface area contributed by atoms with Gasteiger partial charge < -0.3 is 10.2 Å². The Bertz CT molecular complexity index is 703. The second kappa shape index (κ2) is 9.32. The molecule has 2 rings (SSSR count). The van der Waals surface area contributed by atoms with Crippen LogP contribution in [0.2, 0.25) is 0 Å². The van der Waals surface area contributed by atoms with Crippen molar-refractivity contribution in [3.63, 3.8) is 0 Å². The standard InChI is InChI=1S/C19H25N3O2S/c1-4-6-16(18-15(3)21-12-25-18)9-8-14(2)11-20-19(24)17-7-5-10-22(17)13-23/h4,6,8-9,12-13,17H,5,7,10-11H2,1-3H3,(H,20,24)/b6-4-,14-8+,16-9+. The van der Waals surface area contributed by atoms with E-state index < -0.39 is 0 Å². The number of aryl methyl sites for hydroxylation is 1. The zero-order valence-corrected chi connectivity index (χ0v) is 15.8. The molecule has 1 aliphatic heterocycles. The van der Waals surface area contributed by atoms with Crippen LogP contribution in [0.5, 0.6) is 0 Å². The molecule has 6 heteroatoms. The minimum atomic E-state index is -0.320. The molecule has 0 radical (unpaired) electrons. The molecule has 0 bridgehead atoms. The van der Waals surface area contributed by atoms with Crippen molar-refractivity contribution in [1.82, 2.24) is 15.2 Å². The van der Waals surface area contributed by atoms with Crippen LogP contribution in [-0.4, -0.2) is 41.3 Å². The first-order valence-corrected chi connectivity index (χ1v) is 9.34. The summed E-state index contributed by atoms with van der Waals surface area (Å²) in [5.74, 6) is -0.0756. The topological polar surface area (TPSA) is 62.3 Å². The molecule has 0 saturated carbocycles. The Morgan fingerprint density at radius 3 is 2.92 bits per heavy atom. The van der Waals surface area contributed by atoms with Crippen molar-refractivity contribution in [2.24, 2.45) is 0 Å². The summed E-state index contributed by atoms with van der Waals surface area (Å²) in [5.41, 5.74) is 5.02. The van der Waals surface area contributed by atoms with Gasteiger partial charge in [0.15, 0.2) is 0 Å². The van der Waals surface area contributed by atoms with Gasteiger partial charge in [0.2, 0.25) is 12.3 Å². The Balaban J connectivity index is 1.99. The predicted octanol–water partition coefficient (Wildman–Crippen LogP) is 3.09. The van der Waals surface area contributed by atoms with E-state index >= 15 is 0 Å². The average Bonchev–Trinajstić information content (AvgIpc) is 3.25. The number of hydrogen-bond acceptors (Lipinski definition) is 4. The Kier molecular flexibility index (Phi) is 7.13. The van der Waals surface area contributed by atoms with E-state index in [1.54, 1.807) is 16.2 Å². The molecule has 0 spiro atoms.